The minimum absolute atomic E-state index is 0.236. The van der Waals surface area contributed by atoms with Crippen molar-refractivity contribution in [2.45, 2.75) is 0 Å². The van der Waals surface area contributed by atoms with Gasteiger partial charge < -0.3 is 10.1 Å². The molecule has 0 aromatic carbocycles. The molecule has 2 N–H and O–H groups in total. The van der Waals surface area contributed by atoms with E-state index < -0.39 is 10.1 Å². The first-order valence-electron chi connectivity index (χ1n) is 4.80. The number of hydrogen-bond acceptors (Lipinski definition) is 5. The SMILES string of the molecule is CNCCN(CCOC)CCS(=O)(=O)O. The molecule has 0 aliphatic carbocycles. The number of ether oxygens (including phenoxy) is 1. The topological polar surface area (TPSA) is 78.9 Å². The summed E-state index contributed by atoms with van der Waals surface area (Å²) in [5.74, 6) is -0.236. The van der Waals surface area contributed by atoms with Crippen LogP contribution in [0.4, 0.5) is 0 Å². The molecule has 0 atom stereocenters. The van der Waals surface area contributed by atoms with E-state index in [0.29, 0.717) is 19.7 Å². The highest BCUT2D eigenvalue weighted by atomic mass is 32.2. The molecule has 15 heavy (non-hydrogen) atoms. The molecule has 0 aliphatic rings. The Bertz CT molecular complexity index is 235. The first-order valence-corrected chi connectivity index (χ1v) is 6.41. The Balaban J connectivity index is 3.89. The van der Waals surface area contributed by atoms with Gasteiger partial charge in [0.2, 0.25) is 0 Å². The minimum atomic E-state index is -3.87. The van der Waals surface area contributed by atoms with Gasteiger partial charge in [0.1, 0.15) is 0 Å². The molecular formula is C8H20N2O4S. The first kappa shape index (κ1) is 14.8. The van der Waals surface area contributed by atoms with Gasteiger partial charge in [-0.15, -0.1) is 0 Å². The summed E-state index contributed by atoms with van der Waals surface area (Å²) >= 11 is 0. The molecular weight excluding hydrogens is 220 g/mol. The Morgan fingerprint density at radius 1 is 1.33 bits per heavy atom. The fraction of sp³-hybridized carbons (Fsp3) is 1.00. The number of rotatable bonds is 9. The van der Waals surface area contributed by atoms with Gasteiger partial charge in [0, 0.05) is 33.3 Å². The summed E-state index contributed by atoms with van der Waals surface area (Å²) in [6, 6.07) is 0. The number of methoxy groups -OCH3 is 1. The zero-order valence-corrected chi connectivity index (χ0v) is 10.1. The van der Waals surface area contributed by atoms with Crippen LogP contribution in [0.3, 0.4) is 0 Å². The van der Waals surface area contributed by atoms with Crippen molar-refractivity contribution < 1.29 is 17.7 Å². The third-order valence-electron chi connectivity index (χ3n) is 1.96. The summed E-state index contributed by atoms with van der Waals surface area (Å²) in [6.45, 7) is 3.04. The van der Waals surface area contributed by atoms with E-state index in [1.54, 1.807) is 7.11 Å². The molecule has 0 saturated carbocycles. The van der Waals surface area contributed by atoms with Crippen LogP contribution in [0.1, 0.15) is 0 Å². The molecule has 0 radical (unpaired) electrons. The molecule has 0 spiro atoms. The number of nitrogens with one attached hydrogen (secondary N) is 1. The van der Waals surface area contributed by atoms with E-state index in [0.717, 1.165) is 13.1 Å². The third kappa shape index (κ3) is 10.1. The molecule has 0 fully saturated rings. The molecule has 0 amide bonds. The predicted molar refractivity (Wildman–Crippen MR) is 58.7 cm³/mol. The molecule has 0 aliphatic heterocycles. The summed E-state index contributed by atoms with van der Waals surface area (Å²) in [5, 5.41) is 2.98. The van der Waals surface area contributed by atoms with Gasteiger partial charge in [-0.25, -0.2) is 0 Å². The molecule has 0 saturated heterocycles. The molecule has 0 aromatic rings. The molecule has 7 heteroatoms. The highest BCUT2D eigenvalue weighted by Crippen LogP contribution is 1.91. The molecule has 92 valence electrons. The van der Waals surface area contributed by atoms with E-state index >= 15 is 0 Å². The maximum Gasteiger partial charge on any atom is 0.266 e. The van der Waals surface area contributed by atoms with Crippen molar-refractivity contribution in [1.29, 1.82) is 0 Å². The van der Waals surface area contributed by atoms with Crippen LogP contribution in [0.5, 0.6) is 0 Å². The van der Waals surface area contributed by atoms with Crippen LogP contribution in [-0.4, -0.2) is 70.6 Å². The van der Waals surface area contributed by atoms with Crippen LogP contribution in [0.25, 0.3) is 0 Å². The first-order chi connectivity index (χ1) is 6.99. The summed E-state index contributed by atoms with van der Waals surface area (Å²) < 4.78 is 34.7. The zero-order valence-electron chi connectivity index (χ0n) is 9.27. The molecule has 0 heterocycles. The van der Waals surface area contributed by atoms with Gasteiger partial charge in [-0.05, 0) is 7.05 Å². The Morgan fingerprint density at radius 2 is 2.00 bits per heavy atom. The molecule has 6 nitrogen and oxygen atoms in total. The van der Waals surface area contributed by atoms with E-state index in [9.17, 15) is 8.42 Å². The van der Waals surface area contributed by atoms with Crippen molar-refractivity contribution >= 4 is 10.1 Å². The predicted octanol–water partition coefficient (Wildman–Crippen LogP) is -0.958. The van der Waals surface area contributed by atoms with Crippen molar-refractivity contribution in [3.05, 3.63) is 0 Å². The van der Waals surface area contributed by atoms with Gasteiger partial charge in [-0.3, -0.25) is 9.45 Å². The smallest absolute Gasteiger partial charge is 0.266 e. The van der Waals surface area contributed by atoms with Gasteiger partial charge in [0.05, 0.1) is 12.4 Å². The molecule has 0 rings (SSSR count). The van der Waals surface area contributed by atoms with Crippen molar-refractivity contribution in [2.24, 2.45) is 0 Å². The maximum atomic E-state index is 10.6. The summed E-state index contributed by atoms with van der Waals surface area (Å²) in [7, 11) is -0.445. The Hall–Kier alpha value is -0.210. The van der Waals surface area contributed by atoms with E-state index in [1.165, 1.54) is 0 Å². The van der Waals surface area contributed by atoms with Gasteiger partial charge in [0.25, 0.3) is 10.1 Å². The van der Waals surface area contributed by atoms with E-state index in [-0.39, 0.29) is 5.75 Å². The van der Waals surface area contributed by atoms with Gasteiger partial charge in [-0.1, -0.05) is 0 Å². The lowest BCUT2D eigenvalue weighted by molar-refractivity contribution is 0.151. The lowest BCUT2D eigenvalue weighted by atomic mass is 10.4. The van der Waals surface area contributed by atoms with Crippen LogP contribution in [0.15, 0.2) is 0 Å². The van der Waals surface area contributed by atoms with E-state index in [2.05, 4.69) is 5.32 Å². The average Bonchev–Trinajstić information content (AvgIpc) is 2.15. The molecule has 0 unspecified atom stereocenters. The number of nitrogens with zero attached hydrogens (tertiary/aromatic N) is 1. The highest BCUT2D eigenvalue weighted by Gasteiger charge is 2.09. The molecule has 0 aromatic heterocycles. The highest BCUT2D eigenvalue weighted by molar-refractivity contribution is 7.85. The second-order valence-corrected chi connectivity index (χ2v) is 4.80. The minimum Gasteiger partial charge on any atom is -0.383 e. The van der Waals surface area contributed by atoms with Crippen LogP contribution >= 0.6 is 0 Å². The largest absolute Gasteiger partial charge is 0.383 e. The van der Waals surface area contributed by atoms with Crippen LogP contribution in [0, 0.1) is 0 Å². The maximum absolute atomic E-state index is 10.6. The van der Waals surface area contributed by atoms with Crippen molar-refractivity contribution in [1.82, 2.24) is 10.2 Å². The van der Waals surface area contributed by atoms with Gasteiger partial charge in [0.15, 0.2) is 0 Å². The zero-order chi connectivity index (χ0) is 11.7. The number of likely N-dealkylation sites (N-methyl/N-ethyl adjacent to an activating group) is 1. The number of hydrogen-bond donors (Lipinski definition) is 2. The molecule has 0 bridgehead atoms. The Morgan fingerprint density at radius 3 is 2.47 bits per heavy atom. The van der Waals surface area contributed by atoms with Crippen LogP contribution < -0.4 is 5.32 Å². The van der Waals surface area contributed by atoms with E-state index in [4.69, 9.17) is 9.29 Å². The second-order valence-electron chi connectivity index (χ2n) is 3.22. The average molecular weight is 240 g/mol. The summed E-state index contributed by atoms with van der Waals surface area (Å²) in [5.41, 5.74) is 0. The fourth-order valence-electron chi connectivity index (χ4n) is 1.07. The van der Waals surface area contributed by atoms with Gasteiger partial charge >= 0.3 is 0 Å². The van der Waals surface area contributed by atoms with Gasteiger partial charge in [-0.2, -0.15) is 8.42 Å². The standard InChI is InChI=1S/C8H20N2O4S/c1-9-3-4-10(5-7-14-2)6-8-15(11,12)13/h9H,3-8H2,1-2H3,(H,11,12,13). The van der Waals surface area contributed by atoms with Crippen molar-refractivity contribution in [2.75, 3.05) is 52.7 Å². The second kappa shape index (κ2) is 8.00. The normalized spacial score (nSPS) is 12.3. The van der Waals surface area contributed by atoms with Crippen molar-refractivity contribution in [3.63, 3.8) is 0 Å². The van der Waals surface area contributed by atoms with Crippen LogP contribution in [-0.2, 0) is 14.9 Å². The summed E-state index contributed by atoms with van der Waals surface area (Å²) in [6.07, 6.45) is 0. The Kier molecular flexibility index (Phi) is 7.89. The quantitative estimate of drug-likeness (QED) is 0.506. The lowest BCUT2D eigenvalue weighted by Gasteiger charge is -2.20. The van der Waals surface area contributed by atoms with Crippen LogP contribution in [0.2, 0.25) is 0 Å². The Labute approximate surface area is 91.3 Å². The third-order valence-corrected chi connectivity index (χ3v) is 2.65. The monoisotopic (exact) mass is 240 g/mol. The van der Waals surface area contributed by atoms with E-state index in [1.807, 2.05) is 11.9 Å². The summed E-state index contributed by atoms with van der Waals surface area (Å²) in [4.78, 5) is 1.92. The fourth-order valence-corrected chi connectivity index (χ4v) is 1.56. The van der Waals surface area contributed by atoms with Crippen molar-refractivity contribution in [3.8, 4) is 0 Å². The lowest BCUT2D eigenvalue weighted by Crippen LogP contribution is -2.36.